The lowest BCUT2D eigenvalue weighted by atomic mass is 10.2. The van der Waals surface area contributed by atoms with E-state index < -0.39 is 0 Å². The normalized spacial score (nSPS) is 12.0. The van der Waals surface area contributed by atoms with Crippen LogP contribution < -0.4 is 15.4 Å². The van der Waals surface area contributed by atoms with E-state index >= 15 is 0 Å². The topological polar surface area (TPSA) is 81.1 Å². The number of carbonyl (C=O) groups is 1. The molecule has 2 aromatic heterocycles. The van der Waals surface area contributed by atoms with Gasteiger partial charge in [-0.05, 0) is 13.8 Å². The van der Waals surface area contributed by atoms with Gasteiger partial charge in [0, 0.05) is 30.6 Å². The van der Waals surface area contributed by atoms with Crippen molar-refractivity contribution >= 4 is 23.1 Å². The average molecular weight is 323 g/mol. The first kappa shape index (κ1) is 16.3. The van der Waals surface area contributed by atoms with Gasteiger partial charge in [0.25, 0.3) is 0 Å². The van der Waals surface area contributed by atoms with Crippen LogP contribution in [0.2, 0.25) is 0 Å². The van der Waals surface area contributed by atoms with E-state index in [9.17, 15) is 4.79 Å². The molecule has 0 aromatic carbocycles. The van der Waals surface area contributed by atoms with E-state index in [0.29, 0.717) is 23.8 Å². The van der Waals surface area contributed by atoms with Gasteiger partial charge in [-0.2, -0.15) is 5.10 Å². The van der Waals surface area contributed by atoms with E-state index in [4.69, 9.17) is 4.74 Å². The van der Waals surface area contributed by atoms with Gasteiger partial charge in [0.05, 0.1) is 17.8 Å². The van der Waals surface area contributed by atoms with Crippen molar-refractivity contribution in [2.75, 3.05) is 19.0 Å². The van der Waals surface area contributed by atoms with Crippen LogP contribution in [0.4, 0.5) is 10.5 Å². The van der Waals surface area contributed by atoms with Crippen molar-refractivity contribution < 1.29 is 9.53 Å². The first-order valence-corrected chi connectivity index (χ1v) is 7.84. The first-order valence-electron chi connectivity index (χ1n) is 6.96. The van der Waals surface area contributed by atoms with Gasteiger partial charge < -0.3 is 15.4 Å². The number of rotatable bonds is 5. The SMILES string of the molecule is COc1c(NC(=O)NC[C@@H](C)c2nc(C)cs2)c(C)nn1C. The summed E-state index contributed by atoms with van der Waals surface area (Å²) in [6.45, 7) is 6.33. The van der Waals surface area contributed by atoms with Crippen LogP contribution in [0.1, 0.15) is 29.2 Å². The Morgan fingerprint density at radius 1 is 1.50 bits per heavy atom. The summed E-state index contributed by atoms with van der Waals surface area (Å²) >= 11 is 1.61. The van der Waals surface area contributed by atoms with Crippen LogP contribution in [0.5, 0.6) is 5.88 Å². The number of thiazole rings is 1. The molecule has 22 heavy (non-hydrogen) atoms. The second kappa shape index (κ2) is 6.78. The largest absolute Gasteiger partial charge is 0.480 e. The second-order valence-electron chi connectivity index (χ2n) is 5.16. The Morgan fingerprint density at radius 3 is 2.82 bits per heavy atom. The van der Waals surface area contributed by atoms with Crippen molar-refractivity contribution in [1.29, 1.82) is 0 Å². The molecule has 0 aliphatic rings. The number of nitrogens with one attached hydrogen (secondary N) is 2. The zero-order chi connectivity index (χ0) is 16.3. The Hall–Kier alpha value is -2.09. The Labute approximate surface area is 133 Å². The molecule has 0 bridgehead atoms. The highest BCUT2D eigenvalue weighted by Crippen LogP contribution is 2.26. The van der Waals surface area contributed by atoms with Gasteiger partial charge >= 0.3 is 6.03 Å². The maximum Gasteiger partial charge on any atom is 0.319 e. The quantitative estimate of drug-likeness (QED) is 0.885. The third-order valence-electron chi connectivity index (χ3n) is 3.23. The van der Waals surface area contributed by atoms with Crippen LogP contribution in [-0.4, -0.2) is 34.5 Å². The Morgan fingerprint density at radius 2 is 2.23 bits per heavy atom. The predicted molar refractivity (Wildman–Crippen MR) is 86.8 cm³/mol. The minimum atomic E-state index is -0.283. The molecule has 0 spiro atoms. The summed E-state index contributed by atoms with van der Waals surface area (Å²) in [5.41, 5.74) is 2.30. The van der Waals surface area contributed by atoms with Gasteiger partial charge in [-0.25, -0.2) is 14.5 Å². The smallest absolute Gasteiger partial charge is 0.319 e. The number of ether oxygens (including phenoxy) is 1. The summed E-state index contributed by atoms with van der Waals surface area (Å²) in [4.78, 5) is 16.5. The molecule has 1 atom stereocenters. The van der Waals surface area contributed by atoms with E-state index in [1.54, 1.807) is 30.2 Å². The van der Waals surface area contributed by atoms with Gasteiger partial charge in [0.2, 0.25) is 5.88 Å². The first-order chi connectivity index (χ1) is 10.4. The number of aryl methyl sites for hydroxylation is 3. The molecule has 0 saturated carbocycles. The van der Waals surface area contributed by atoms with Crippen LogP contribution in [-0.2, 0) is 7.05 Å². The van der Waals surface area contributed by atoms with E-state index in [1.165, 1.54) is 0 Å². The molecule has 0 fully saturated rings. The monoisotopic (exact) mass is 323 g/mol. The lowest BCUT2D eigenvalue weighted by molar-refractivity contribution is 0.251. The lowest BCUT2D eigenvalue weighted by Gasteiger charge is -2.12. The minimum absolute atomic E-state index is 0.168. The summed E-state index contributed by atoms with van der Waals surface area (Å²) in [5, 5.41) is 12.9. The number of nitrogens with zero attached hydrogens (tertiary/aromatic N) is 3. The fourth-order valence-electron chi connectivity index (χ4n) is 2.10. The Bertz CT molecular complexity index is 664. The van der Waals surface area contributed by atoms with E-state index in [1.807, 2.05) is 26.2 Å². The molecule has 2 N–H and O–H groups in total. The van der Waals surface area contributed by atoms with Gasteiger partial charge in [-0.1, -0.05) is 6.92 Å². The summed E-state index contributed by atoms with van der Waals surface area (Å²) in [6, 6.07) is -0.283. The molecule has 120 valence electrons. The standard InChI is InChI=1S/C14H21N5O2S/c1-8(12-16-9(2)7-22-12)6-15-14(20)17-11-10(3)18-19(4)13(11)21-5/h7-8H,6H2,1-5H3,(H2,15,17,20)/t8-/m1/s1. The summed E-state index contributed by atoms with van der Waals surface area (Å²) in [7, 11) is 3.31. The molecule has 0 unspecified atom stereocenters. The molecule has 0 saturated heterocycles. The molecule has 0 aliphatic heterocycles. The molecular weight excluding hydrogens is 302 g/mol. The summed E-state index contributed by atoms with van der Waals surface area (Å²) in [6.07, 6.45) is 0. The molecule has 2 amide bonds. The molecule has 2 aromatic rings. The van der Waals surface area contributed by atoms with Crippen molar-refractivity contribution in [3.8, 4) is 5.88 Å². The Kier molecular flexibility index (Phi) is 5.02. The number of carbonyl (C=O) groups excluding carboxylic acids is 1. The maximum absolute atomic E-state index is 12.1. The highest BCUT2D eigenvalue weighted by atomic mass is 32.1. The molecular formula is C14H21N5O2S. The number of hydrogen-bond acceptors (Lipinski definition) is 5. The highest BCUT2D eigenvalue weighted by molar-refractivity contribution is 7.09. The summed E-state index contributed by atoms with van der Waals surface area (Å²) in [5.74, 6) is 0.692. The number of urea groups is 1. The third-order valence-corrected chi connectivity index (χ3v) is 4.42. The second-order valence-corrected chi connectivity index (χ2v) is 6.05. The summed E-state index contributed by atoms with van der Waals surface area (Å²) < 4.78 is 6.83. The van der Waals surface area contributed by atoms with Gasteiger partial charge in [0.1, 0.15) is 5.69 Å². The minimum Gasteiger partial charge on any atom is -0.480 e. The molecule has 8 heteroatoms. The zero-order valence-electron chi connectivity index (χ0n) is 13.4. The molecule has 0 radical (unpaired) electrons. The fraction of sp³-hybridized carbons (Fsp3) is 0.500. The molecule has 2 heterocycles. The van der Waals surface area contributed by atoms with Crippen molar-refractivity contribution in [3.05, 3.63) is 21.8 Å². The van der Waals surface area contributed by atoms with E-state index in [-0.39, 0.29) is 11.9 Å². The van der Waals surface area contributed by atoms with Crippen molar-refractivity contribution in [3.63, 3.8) is 0 Å². The molecule has 0 aliphatic carbocycles. The fourth-order valence-corrected chi connectivity index (χ4v) is 2.96. The van der Waals surface area contributed by atoms with Crippen LogP contribution in [0.3, 0.4) is 0 Å². The number of aromatic nitrogens is 3. The van der Waals surface area contributed by atoms with Crippen molar-refractivity contribution in [2.24, 2.45) is 7.05 Å². The van der Waals surface area contributed by atoms with Gasteiger partial charge in [-0.3, -0.25) is 0 Å². The maximum atomic E-state index is 12.1. The molecule has 2 rings (SSSR count). The number of anilines is 1. The number of amides is 2. The van der Waals surface area contributed by atoms with Gasteiger partial charge in [0.15, 0.2) is 0 Å². The van der Waals surface area contributed by atoms with Crippen LogP contribution in [0, 0.1) is 13.8 Å². The van der Waals surface area contributed by atoms with Crippen LogP contribution in [0.15, 0.2) is 5.38 Å². The number of hydrogen-bond donors (Lipinski definition) is 2. The highest BCUT2D eigenvalue weighted by Gasteiger charge is 2.17. The predicted octanol–water partition coefficient (Wildman–Crippen LogP) is 2.43. The third kappa shape index (κ3) is 3.56. The van der Waals surface area contributed by atoms with Gasteiger partial charge in [-0.15, -0.1) is 11.3 Å². The number of methoxy groups -OCH3 is 1. The average Bonchev–Trinajstić information content (AvgIpc) is 3.01. The van der Waals surface area contributed by atoms with Crippen molar-refractivity contribution in [2.45, 2.75) is 26.7 Å². The van der Waals surface area contributed by atoms with Crippen molar-refractivity contribution in [1.82, 2.24) is 20.1 Å². The van der Waals surface area contributed by atoms with Crippen LogP contribution in [0.25, 0.3) is 0 Å². The van der Waals surface area contributed by atoms with Crippen LogP contribution >= 0.6 is 11.3 Å². The Balaban J connectivity index is 1.93. The van der Waals surface area contributed by atoms with E-state index in [0.717, 1.165) is 10.7 Å². The molecule has 7 nitrogen and oxygen atoms in total. The zero-order valence-corrected chi connectivity index (χ0v) is 14.2. The van der Waals surface area contributed by atoms with E-state index in [2.05, 4.69) is 20.7 Å². The lowest BCUT2D eigenvalue weighted by Crippen LogP contribution is -2.32.